The zero-order chi connectivity index (χ0) is 20.8. The van der Waals surface area contributed by atoms with E-state index in [0.29, 0.717) is 18.8 Å². The number of aromatic nitrogens is 4. The summed E-state index contributed by atoms with van der Waals surface area (Å²) >= 11 is 6.01. The van der Waals surface area contributed by atoms with Gasteiger partial charge in [0.1, 0.15) is 6.04 Å². The van der Waals surface area contributed by atoms with Crippen molar-refractivity contribution in [2.24, 2.45) is 0 Å². The summed E-state index contributed by atoms with van der Waals surface area (Å²) in [5.74, 6) is -0.417. The number of rotatable bonds is 6. The first-order chi connectivity index (χ1) is 13.0. The Morgan fingerprint density at radius 2 is 2.04 bits per heavy atom. The Kier molecular flexibility index (Phi) is 5.49. The summed E-state index contributed by atoms with van der Waals surface area (Å²) in [5, 5.41) is 7.64. The molecule has 0 aliphatic heterocycles. The molecule has 1 aliphatic rings. The summed E-state index contributed by atoms with van der Waals surface area (Å²) in [6.07, 6.45) is -1.30. The molecule has 0 unspecified atom stereocenters. The monoisotopic (exact) mass is 417 g/mol. The lowest BCUT2D eigenvalue weighted by Crippen LogP contribution is -2.34. The highest BCUT2D eigenvalue weighted by molar-refractivity contribution is 6.32. The highest BCUT2D eigenvalue weighted by atomic mass is 35.5. The Morgan fingerprint density at radius 3 is 2.54 bits per heavy atom. The predicted molar refractivity (Wildman–Crippen MR) is 98.0 cm³/mol. The van der Waals surface area contributed by atoms with Crippen LogP contribution in [0, 0.1) is 6.92 Å². The Labute approximate surface area is 166 Å². The second kappa shape index (κ2) is 7.42. The summed E-state index contributed by atoms with van der Waals surface area (Å²) in [6.45, 7) is 6.40. The molecule has 0 N–H and O–H groups in total. The van der Waals surface area contributed by atoms with Gasteiger partial charge in [0.25, 0.3) is 0 Å². The molecule has 0 aromatic carbocycles. The Bertz CT molecular complexity index is 885. The maximum absolute atomic E-state index is 13.3. The first-order valence-corrected chi connectivity index (χ1v) is 9.55. The number of aryl methyl sites for hydroxylation is 2. The van der Waals surface area contributed by atoms with Gasteiger partial charge < -0.3 is 4.90 Å². The first-order valence-electron chi connectivity index (χ1n) is 9.17. The fraction of sp³-hybridized carbons (Fsp3) is 0.611. The minimum absolute atomic E-state index is 0.0818. The molecule has 1 atom stereocenters. The maximum atomic E-state index is 13.3. The van der Waals surface area contributed by atoms with Crippen molar-refractivity contribution < 1.29 is 18.0 Å². The second-order valence-corrected chi connectivity index (χ2v) is 7.61. The summed E-state index contributed by atoms with van der Waals surface area (Å²) < 4.78 is 42.7. The van der Waals surface area contributed by atoms with E-state index in [0.717, 1.165) is 28.8 Å². The van der Waals surface area contributed by atoms with Gasteiger partial charge in [-0.3, -0.25) is 14.2 Å². The highest BCUT2D eigenvalue weighted by Crippen LogP contribution is 2.47. The van der Waals surface area contributed by atoms with Gasteiger partial charge in [0.05, 0.1) is 16.4 Å². The average molecular weight is 418 g/mol. The van der Waals surface area contributed by atoms with Crippen LogP contribution in [0.15, 0.2) is 6.20 Å². The molecule has 0 radical (unpaired) electrons. The van der Waals surface area contributed by atoms with Gasteiger partial charge in [0.2, 0.25) is 5.91 Å². The Hall–Kier alpha value is -2.03. The zero-order valence-electron chi connectivity index (χ0n) is 16.2. The number of hydrogen-bond acceptors (Lipinski definition) is 3. The third kappa shape index (κ3) is 3.90. The van der Waals surface area contributed by atoms with Gasteiger partial charge >= 0.3 is 6.18 Å². The minimum atomic E-state index is -4.66. The van der Waals surface area contributed by atoms with Crippen molar-refractivity contribution >= 4 is 17.5 Å². The van der Waals surface area contributed by atoms with E-state index in [4.69, 9.17) is 11.6 Å². The smallest absolute Gasteiger partial charge is 0.339 e. The van der Waals surface area contributed by atoms with Crippen LogP contribution in [-0.4, -0.2) is 37.4 Å². The van der Waals surface area contributed by atoms with Crippen LogP contribution in [-0.2, 0) is 24.1 Å². The molecule has 2 aromatic heterocycles. The van der Waals surface area contributed by atoms with Gasteiger partial charge in [0.15, 0.2) is 5.69 Å². The van der Waals surface area contributed by atoms with Crippen LogP contribution in [0.1, 0.15) is 61.3 Å². The molecule has 1 amide bonds. The number of alkyl halides is 3. The number of likely N-dealkylation sites (N-methyl/N-ethyl adjacent to an activating group) is 1. The van der Waals surface area contributed by atoms with Crippen LogP contribution in [0.4, 0.5) is 13.2 Å². The molecule has 0 spiro atoms. The molecule has 28 heavy (non-hydrogen) atoms. The van der Waals surface area contributed by atoms with E-state index < -0.39 is 22.9 Å². The highest BCUT2D eigenvalue weighted by Gasteiger charge is 2.43. The molecule has 2 aromatic rings. The van der Waals surface area contributed by atoms with Crippen molar-refractivity contribution in [3.05, 3.63) is 33.9 Å². The van der Waals surface area contributed by atoms with Crippen molar-refractivity contribution in [3.63, 3.8) is 0 Å². The Balaban J connectivity index is 1.85. The molecule has 1 saturated carbocycles. The van der Waals surface area contributed by atoms with Crippen molar-refractivity contribution in [3.8, 4) is 0 Å². The molecule has 1 fully saturated rings. The van der Waals surface area contributed by atoms with Gasteiger partial charge in [-0.1, -0.05) is 11.6 Å². The van der Waals surface area contributed by atoms with Crippen LogP contribution < -0.4 is 0 Å². The van der Waals surface area contributed by atoms with E-state index >= 15 is 0 Å². The first kappa shape index (κ1) is 20.7. The standard InChI is InChI=1S/C18H23ClF3N5O/c1-5-26-9-13(10(2)23-26)8-25(4)17(28)11(3)27-15(12-6-7-12)14(19)16(24-27)18(20,21)22/h9,11-12H,5-8H2,1-4H3/t11-/m0/s1. The van der Waals surface area contributed by atoms with E-state index in [-0.39, 0.29) is 11.8 Å². The average Bonchev–Trinajstić information content (AvgIpc) is 3.30. The number of amides is 1. The van der Waals surface area contributed by atoms with Crippen molar-refractivity contribution in [2.45, 2.75) is 64.8 Å². The number of nitrogens with zero attached hydrogens (tertiary/aromatic N) is 5. The number of carbonyl (C=O) groups is 1. The summed E-state index contributed by atoms with van der Waals surface area (Å²) in [6, 6.07) is -0.893. The number of hydrogen-bond donors (Lipinski definition) is 0. The lowest BCUT2D eigenvalue weighted by Gasteiger charge is -2.23. The van der Waals surface area contributed by atoms with Gasteiger partial charge in [0, 0.05) is 37.8 Å². The van der Waals surface area contributed by atoms with Gasteiger partial charge in [-0.25, -0.2) is 0 Å². The molecular weight excluding hydrogens is 395 g/mol. The maximum Gasteiger partial charge on any atom is 0.436 e. The predicted octanol–water partition coefficient (Wildman–Crippen LogP) is 4.18. The summed E-state index contributed by atoms with van der Waals surface area (Å²) in [4.78, 5) is 14.4. The molecule has 0 saturated heterocycles. The SMILES string of the molecule is CCn1cc(CN(C)C(=O)[C@H](C)n2nc(C(F)(F)F)c(Cl)c2C2CC2)c(C)n1. The molecule has 3 rings (SSSR count). The molecule has 0 bridgehead atoms. The molecule has 6 nitrogen and oxygen atoms in total. The fourth-order valence-electron chi connectivity index (χ4n) is 3.26. The van der Waals surface area contributed by atoms with Crippen LogP contribution >= 0.6 is 11.6 Å². The third-order valence-corrected chi connectivity index (χ3v) is 5.37. The van der Waals surface area contributed by atoms with E-state index in [1.807, 2.05) is 20.0 Å². The third-order valence-electron chi connectivity index (χ3n) is 5.00. The topological polar surface area (TPSA) is 56.0 Å². The van der Waals surface area contributed by atoms with E-state index in [1.54, 1.807) is 18.7 Å². The number of halogens is 4. The zero-order valence-corrected chi connectivity index (χ0v) is 17.0. The van der Waals surface area contributed by atoms with Crippen molar-refractivity contribution in [2.75, 3.05) is 7.05 Å². The normalized spacial score (nSPS) is 15.7. The van der Waals surface area contributed by atoms with Crippen LogP contribution in [0.3, 0.4) is 0 Å². The molecule has 1 aliphatic carbocycles. The van der Waals surface area contributed by atoms with Crippen LogP contribution in [0.2, 0.25) is 5.02 Å². The lowest BCUT2D eigenvalue weighted by molar-refractivity contribution is -0.142. The summed E-state index contributed by atoms with van der Waals surface area (Å²) in [7, 11) is 1.62. The van der Waals surface area contributed by atoms with Gasteiger partial charge in [-0.05, 0) is 33.6 Å². The van der Waals surface area contributed by atoms with E-state index in [1.165, 1.54) is 4.90 Å². The largest absolute Gasteiger partial charge is 0.436 e. The minimum Gasteiger partial charge on any atom is -0.339 e. The Morgan fingerprint density at radius 1 is 1.39 bits per heavy atom. The molecule has 154 valence electrons. The fourth-order valence-corrected chi connectivity index (χ4v) is 3.65. The van der Waals surface area contributed by atoms with Gasteiger partial charge in [-0.2, -0.15) is 23.4 Å². The van der Waals surface area contributed by atoms with Crippen LogP contribution in [0.5, 0.6) is 0 Å². The molecule has 2 heterocycles. The number of carbonyl (C=O) groups excluding carboxylic acids is 1. The van der Waals surface area contributed by atoms with Gasteiger partial charge in [-0.15, -0.1) is 0 Å². The van der Waals surface area contributed by atoms with E-state index in [2.05, 4.69) is 10.2 Å². The lowest BCUT2D eigenvalue weighted by atomic mass is 10.2. The quantitative estimate of drug-likeness (QED) is 0.708. The van der Waals surface area contributed by atoms with Crippen LogP contribution in [0.25, 0.3) is 0 Å². The molecular formula is C18H23ClF3N5O. The van der Waals surface area contributed by atoms with Crippen molar-refractivity contribution in [1.82, 2.24) is 24.5 Å². The second-order valence-electron chi connectivity index (χ2n) is 7.23. The van der Waals surface area contributed by atoms with Crippen molar-refractivity contribution in [1.29, 1.82) is 0 Å². The van der Waals surface area contributed by atoms with E-state index in [9.17, 15) is 18.0 Å². The molecule has 10 heteroatoms. The summed E-state index contributed by atoms with van der Waals surface area (Å²) in [5.41, 5.74) is 0.882.